The van der Waals surface area contributed by atoms with Crippen molar-refractivity contribution in [1.82, 2.24) is 9.97 Å². The molecule has 2 N–H and O–H groups in total. The number of hydrogen-bond donors (Lipinski definition) is 2. The molecule has 0 radical (unpaired) electrons. The quantitative estimate of drug-likeness (QED) is 0.342. The summed E-state index contributed by atoms with van der Waals surface area (Å²) in [5, 5.41) is 5.97. The molecule has 2 heterocycles. The van der Waals surface area contributed by atoms with Gasteiger partial charge in [-0.15, -0.1) is 0 Å². The highest BCUT2D eigenvalue weighted by Crippen LogP contribution is 2.34. The van der Waals surface area contributed by atoms with Gasteiger partial charge in [0.05, 0.1) is 0 Å². The van der Waals surface area contributed by atoms with Gasteiger partial charge < -0.3 is 10.6 Å². The number of halogens is 1. The van der Waals surface area contributed by atoms with Gasteiger partial charge in [0.15, 0.2) is 0 Å². The van der Waals surface area contributed by atoms with Crippen molar-refractivity contribution in [3.05, 3.63) is 79.9 Å². The Balaban J connectivity index is 1.90. The van der Waals surface area contributed by atoms with E-state index in [1.165, 1.54) is 0 Å². The zero-order valence-electron chi connectivity index (χ0n) is 19.8. The number of amides is 2. The maximum absolute atomic E-state index is 13.2. The Kier molecular flexibility index (Phi) is 7.84. The zero-order chi connectivity index (χ0) is 24.3. The van der Waals surface area contributed by atoms with Crippen LogP contribution in [0, 0.1) is 17.4 Å². The Morgan fingerprint density at radius 1 is 0.818 bits per heavy atom. The summed E-state index contributed by atoms with van der Waals surface area (Å²) in [6.07, 6.45) is 3.39. The van der Waals surface area contributed by atoms with Crippen LogP contribution in [-0.4, -0.2) is 21.8 Å². The molecule has 0 atom stereocenters. The number of nitrogens with zero attached hydrogens (tertiary/aromatic N) is 2. The summed E-state index contributed by atoms with van der Waals surface area (Å²) in [4.78, 5) is 34.5. The van der Waals surface area contributed by atoms with Gasteiger partial charge in [-0.25, -0.2) is 4.98 Å². The molecule has 7 heteroatoms. The van der Waals surface area contributed by atoms with Gasteiger partial charge in [-0.3, -0.25) is 14.6 Å². The van der Waals surface area contributed by atoms with Crippen molar-refractivity contribution in [2.75, 3.05) is 10.6 Å². The van der Waals surface area contributed by atoms with Gasteiger partial charge in [-0.2, -0.15) is 0 Å². The summed E-state index contributed by atoms with van der Waals surface area (Å²) < 4.78 is 1.14. The van der Waals surface area contributed by atoms with Crippen molar-refractivity contribution in [2.45, 2.75) is 53.4 Å². The van der Waals surface area contributed by atoms with E-state index >= 15 is 0 Å². The summed E-state index contributed by atoms with van der Waals surface area (Å²) in [6.45, 7) is 12.2. The number of aromatic nitrogens is 2. The van der Waals surface area contributed by atoms with E-state index in [0.29, 0.717) is 5.69 Å². The fourth-order valence-corrected chi connectivity index (χ4v) is 4.32. The molecule has 0 spiro atoms. The highest BCUT2D eigenvalue weighted by molar-refractivity contribution is 14.1. The van der Waals surface area contributed by atoms with Gasteiger partial charge >= 0.3 is 0 Å². The predicted octanol–water partition coefficient (Wildman–Crippen LogP) is 6.45. The first kappa shape index (κ1) is 24.8. The number of carbonyl (C=O) groups excluding carboxylic acids is 2. The molecule has 0 fully saturated rings. The maximum atomic E-state index is 13.2. The Bertz CT molecular complexity index is 1160. The first-order valence-electron chi connectivity index (χ1n) is 10.9. The van der Waals surface area contributed by atoms with Gasteiger partial charge in [0.1, 0.15) is 11.4 Å². The molecule has 3 aromatic rings. The molecule has 0 saturated carbocycles. The van der Waals surface area contributed by atoms with E-state index in [-0.39, 0.29) is 35.0 Å². The van der Waals surface area contributed by atoms with E-state index in [1.807, 2.05) is 13.8 Å². The second-order valence-electron chi connectivity index (χ2n) is 8.73. The third-order valence-corrected chi connectivity index (χ3v) is 6.05. The lowest BCUT2D eigenvalue weighted by atomic mass is 9.92. The second-order valence-corrected chi connectivity index (χ2v) is 9.98. The van der Waals surface area contributed by atoms with Crippen molar-refractivity contribution >= 4 is 45.8 Å². The van der Waals surface area contributed by atoms with Gasteiger partial charge in [0.25, 0.3) is 11.8 Å². The van der Waals surface area contributed by atoms with Crippen molar-refractivity contribution in [1.29, 1.82) is 0 Å². The zero-order valence-corrected chi connectivity index (χ0v) is 21.9. The summed E-state index contributed by atoms with van der Waals surface area (Å²) in [5.41, 5.74) is 5.77. The Hall–Kier alpha value is -2.81. The van der Waals surface area contributed by atoms with Crippen LogP contribution in [0.3, 0.4) is 0 Å². The Morgan fingerprint density at radius 3 is 1.73 bits per heavy atom. The minimum absolute atomic E-state index is 0.175. The van der Waals surface area contributed by atoms with Crippen LogP contribution in [0.1, 0.15) is 82.8 Å². The summed E-state index contributed by atoms with van der Waals surface area (Å²) in [7, 11) is 0. The third-order valence-electron chi connectivity index (χ3n) is 5.42. The fraction of sp³-hybridized carbons (Fsp3) is 0.308. The van der Waals surface area contributed by atoms with Crippen LogP contribution >= 0.6 is 22.6 Å². The van der Waals surface area contributed by atoms with E-state index in [9.17, 15) is 9.59 Å². The van der Waals surface area contributed by atoms with E-state index in [2.05, 4.69) is 83.0 Å². The van der Waals surface area contributed by atoms with E-state index < -0.39 is 0 Å². The van der Waals surface area contributed by atoms with E-state index in [4.69, 9.17) is 0 Å². The van der Waals surface area contributed by atoms with Gasteiger partial charge in [-0.05, 0) is 94.8 Å². The smallest absolute Gasteiger partial charge is 0.274 e. The molecule has 6 nitrogen and oxygen atoms in total. The van der Waals surface area contributed by atoms with Crippen molar-refractivity contribution in [3.63, 3.8) is 0 Å². The number of anilines is 2. The molecule has 0 unspecified atom stereocenters. The molecule has 33 heavy (non-hydrogen) atoms. The van der Waals surface area contributed by atoms with Crippen LogP contribution in [0.5, 0.6) is 0 Å². The monoisotopic (exact) mass is 556 g/mol. The number of hydrogen-bond acceptors (Lipinski definition) is 4. The number of pyridine rings is 2. The molecule has 172 valence electrons. The van der Waals surface area contributed by atoms with Crippen LogP contribution in [0.25, 0.3) is 0 Å². The molecule has 3 rings (SSSR count). The number of benzene rings is 1. The van der Waals surface area contributed by atoms with Crippen LogP contribution < -0.4 is 10.6 Å². The van der Waals surface area contributed by atoms with Crippen LogP contribution in [-0.2, 0) is 0 Å². The summed E-state index contributed by atoms with van der Waals surface area (Å²) >= 11 is 2.31. The number of aryl methyl sites for hydroxylation is 2. The molecular formula is C26H29IN4O2. The number of nitrogens with one attached hydrogen (secondary N) is 2. The lowest BCUT2D eigenvalue weighted by Crippen LogP contribution is -2.20. The standard InChI is InChI=1S/C26H29IN4O2/c1-14(2)19-10-18(27)11-20(15(3)4)24(19)31-26(33)22-9-7-8-21(29-22)25(32)30-23-16(5)12-28-13-17(23)6/h7-15H,1-6H3,(H,31,33)(H,28,30,32). The molecule has 1 aromatic carbocycles. The Morgan fingerprint density at radius 2 is 1.27 bits per heavy atom. The Labute approximate surface area is 208 Å². The van der Waals surface area contributed by atoms with E-state index in [0.717, 1.165) is 31.5 Å². The van der Waals surface area contributed by atoms with Crippen LogP contribution in [0.15, 0.2) is 42.7 Å². The number of carbonyl (C=O) groups is 2. The fourth-order valence-electron chi connectivity index (χ4n) is 3.65. The highest BCUT2D eigenvalue weighted by Gasteiger charge is 2.20. The lowest BCUT2D eigenvalue weighted by Gasteiger charge is -2.21. The number of rotatable bonds is 6. The third kappa shape index (κ3) is 5.76. The maximum Gasteiger partial charge on any atom is 0.274 e. The first-order chi connectivity index (χ1) is 15.6. The van der Waals surface area contributed by atoms with Crippen molar-refractivity contribution in [3.8, 4) is 0 Å². The molecule has 2 amide bonds. The van der Waals surface area contributed by atoms with Crippen LogP contribution in [0.4, 0.5) is 11.4 Å². The SMILES string of the molecule is Cc1cncc(C)c1NC(=O)c1cccc(C(=O)Nc2c(C(C)C)cc(I)cc2C(C)C)n1. The van der Waals surface area contributed by atoms with Crippen molar-refractivity contribution < 1.29 is 9.59 Å². The largest absolute Gasteiger partial charge is 0.320 e. The normalized spacial score (nSPS) is 11.1. The average molecular weight is 556 g/mol. The van der Waals surface area contributed by atoms with Gasteiger partial charge in [-0.1, -0.05) is 33.8 Å². The molecule has 0 aliphatic heterocycles. The minimum Gasteiger partial charge on any atom is -0.320 e. The van der Waals surface area contributed by atoms with Gasteiger partial charge in [0.2, 0.25) is 0 Å². The minimum atomic E-state index is -0.373. The van der Waals surface area contributed by atoms with Gasteiger partial charge in [0, 0.05) is 27.3 Å². The molecular weight excluding hydrogens is 527 g/mol. The second kappa shape index (κ2) is 10.4. The molecule has 0 aliphatic carbocycles. The molecule has 0 aliphatic rings. The molecule has 2 aromatic heterocycles. The lowest BCUT2D eigenvalue weighted by molar-refractivity contribution is 0.101. The van der Waals surface area contributed by atoms with E-state index in [1.54, 1.807) is 30.6 Å². The summed E-state index contributed by atoms with van der Waals surface area (Å²) in [5.74, 6) is -0.234. The average Bonchev–Trinajstić information content (AvgIpc) is 2.76. The predicted molar refractivity (Wildman–Crippen MR) is 141 cm³/mol. The van der Waals surface area contributed by atoms with Crippen molar-refractivity contribution in [2.24, 2.45) is 0 Å². The topological polar surface area (TPSA) is 84.0 Å². The molecule has 0 saturated heterocycles. The molecule has 0 bridgehead atoms. The first-order valence-corrected chi connectivity index (χ1v) is 12.0. The highest BCUT2D eigenvalue weighted by atomic mass is 127. The summed E-state index contributed by atoms with van der Waals surface area (Å²) in [6, 6.07) is 9.09. The van der Waals surface area contributed by atoms with Crippen LogP contribution in [0.2, 0.25) is 0 Å².